The van der Waals surface area contributed by atoms with Crippen LogP contribution in [-0.4, -0.2) is 17.3 Å². The van der Waals surface area contributed by atoms with Gasteiger partial charge in [-0.3, -0.25) is 4.79 Å². The van der Waals surface area contributed by atoms with Gasteiger partial charge in [0.1, 0.15) is 34.5 Å². The number of benzene rings is 2. The van der Waals surface area contributed by atoms with E-state index in [-0.39, 0.29) is 28.1 Å². The van der Waals surface area contributed by atoms with Crippen molar-refractivity contribution in [1.82, 2.24) is 0 Å². The van der Waals surface area contributed by atoms with Crippen molar-refractivity contribution in [2.45, 2.75) is 20.3 Å². The minimum absolute atomic E-state index is 0.0207. The number of allylic oxidation sites excluding steroid dienone is 2. The van der Waals surface area contributed by atoms with Crippen LogP contribution in [0.3, 0.4) is 0 Å². The molecule has 1 aromatic heterocycles. The van der Waals surface area contributed by atoms with Gasteiger partial charge >= 0.3 is 0 Å². The normalized spacial score (nSPS) is 10.7. The van der Waals surface area contributed by atoms with E-state index in [1.165, 1.54) is 31.6 Å². The molecule has 0 amide bonds. The summed E-state index contributed by atoms with van der Waals surface area (Å²) in [6.07, 6.45) is 3.77. The molecule has 1 heterocycles. The minimum Gasteiger partial charge on any atom is -0.508 e. The SMILES string of the molecule is COc1cc(O)c(CC=C(C)C)c2occ(-c3ccc(O)cc3)c(=O)c12. The summed E-state index contributed by atoms with van der Waals surface area (Å²) in [5, 5.41) is 20.1. The van der Waals surface area contributed by atoms with E-state index in [1.54, 1.807) is 12.1 Å². The lowest BCUT2D eigenvalue weighted by molar-refractivity contribution is 0.410. The van der Waals surface area contributed by atoms with Crippen LogP contribution in [0.25, 0.3) is 22.1 Å². The molecule has 0 spiro atoms. The van der Waals surface area contributed by atoms with Gasteiger partial charge in [0.25, 0.3) is 0 Å². The fraction of sp³-hybridized carbons (Fsp3) is 0.190. The van der Waals surface area contributed by atoms with Crippen LogP contribution in [0.1, 0.15) is 19.4 Å². The fourth-order valence-electron chi connectivity index (χ4n) is 2.82. The van der Waals surface area contributed by atoms with E-state index in [0.717, 1.165) is 5.57 Å². The average Bonchev–Trinajstić information content (AvgIpc) is 2.61. The molecular formula is C21H20O5. The van der Waals surface area contributed by atoms with Gasteiger partial charge in [-0.2, -0.15) is 0 Å². The Kier molecular flexibility index (Phi) is 4.71. The largest absolute Gasteiger partial charge is 0.508 e. The van der Waals surface area contributed by atoms with E-state index >= 15 is 0 Å². The predicted octanol–water partition coefficient (Wildman–Crippen LogP) is 4.39. The molecule has 0 aliphatic heterocycles. The highest BCUT2D eigenvalue weighted by atomic mass is 16.5. The van der Waals surface area contributed by atoms with Crippen LogP contribution in [0.2, 0.25) is 0 Å². The van der Waals surface area contributed by atoms with Gasteiger partial charge in [0, 0.05) is 11.6 Å². The van der Waals surface area contributed by atoms with Crippen molar-refractivity contribution in [3.05, 3.63) is 64.0 Å². The first-order chi connectivity index (χ1) is 12.4. The Morgan fingerprint density at radius 1 is 1.19 bits per heavy atom. The molecule has 2 aromatic carbocycles. The minimum atomic E-state index is -0.257. The fourth-order valence-corrected chi connectivity index (χ4v) is 2.82. The molecule has 3 aromatic rings. The maximum Gasteiger partial charge on any atom is 0.204 e. The van der Waals surface area contributed by atoms with Crippen molar-refractivity contribution in [2.75, 3.05) is 7.11 Å². The molecule has 0 aliphatic carbocycles. The molecule has 5 nitrogen and oxygen atoms in total. The van der Waals surface area contributed by atoms with E-state index in [2.05, 4.69) is 0 Å². The number of methoxy groups -OCH3 is 1. The van der Waals surface area contributed by atoms with Crippen molar-refractivity contribution in [3.8, 4) is 28.4 Å². The van der Waals surface area contributed by atoms with Crippen molar-refractivity contribution in [2.24, 2.45) is 0 Å². The molecule has 5 heteroatoms. The Bertz CT molecular complexity index is 1040. The van der Waals surface area contributed by atoms with Gasteiger partial charge < -0.3 is 19.4 Å². The van der Waals surface area contributed by atoms with Gasteiger partial charge in [-0.15, -0.1) is 0 Å². The summed E-state index contributed by atoms with van der Waals surface area (Å²) in [4.78, 5) is 13.1. The van der Waals surface area contributed by atoms with E-state index in [0.29, 0.717) is 28.7 Å². The Morgan fingerprint density at radius 3 is 2.50 bits per heavy atom. The molecular weight excluding hydrogens is 332 g/mol. The number of fused-ring (bicyclic) bond motifs is 1. The van der Waals surface area contributed by atoms with Crippen molar-refractivity contribution in [1.29, 1.82) is 0 Å². The average molecular weight is 352 g/mol. The van der Waals surface area contributed by atoms with E-state index in [4.69, 9.17) is 9.15 Å². The summed E-state index contributed by atoms with van der Waals surface area (Å²) >= 11 is 0. The van der Waals surface area contributed by atoms with Gasteiger partial charge in [0.2, 0.25) is 5.43 Å². The molecule has 0 bridgehead atoms. The zero-order valence-electron chi connectivity index (χ0n) is 14.9. The van der Waals surface area contributed by atoms with Crippen LogP contribution < -0.4 is 10.2 Å². The second-order valence-electron chi connectivity index (χ2n) is 6.29. The van der Waals surface area contributed by atoms with E-state index < -0.39 is 0 Å². The Morgan fingerprint density at radius 2 is 1.88 bits per heavy atom. The topological polar surface area (TPSA) is 79.9 Å². The first kappa shape index (κ1) is 17.6. The van der Waals surface area contributed by atoms with Crippen LogP contribution in [-0.2, 0) is 6.42 Å². The monoisotopic (exact) mass is 352 g/mol. The molecule has 0 saturated heterocycles. The number of hydrogen-bond donors (Lipinski definition) is 2. The number of phenolic OH excluding ortho intramolecular Hbond substituents is 2. The van der Waals surface area contributed by atoms with Crippen LogP contribution in [0.4, 0.5) is 0 Å². The maximum absolute atomic E-state index is 13.1. The third kappa shape index (κ3) is 3.16. The smallest absolute Gasteiger partial charge is 0.204 e. The highest BCUT2D eigenvalue weighted by Gasteiger charge is 2.19. The van der Waals surface area contributed by atoms with E-state index in [9.17, 15) is 15.0 Å². The predicted molar refractivity (Wildman–Crippen MR) is 101 cm³/mol. The van der Waals surface area contributed by atoms with Crippen LogP contribution in [0.5, 0.6) is 17.2 Å². The van der Waals surface area contributed by atoms with E-state index in [1.807, 2.05) is 19.9 Å². The molecule has 3 rings (SSSR count). The molecule has 134 valence electrons. The number of hydrogen-bond acceptors (Lipinski definition) is 5. The summed E-state index contributed by atoms with van der Waals surface area (Å²) in [5.74, 6) is 0.394. The molecule has 0 saturated carbocycles. The summed E-state index contributed by atoms with van der Waals surface area (Å²) in [5.41, 5.74) is 2.67. The second kappa shape index (κ2) is 6.96. The molecule has 0 radical (unpaired) electrons. The molecule has 26 heavy (non-hydrogen) atoms. The molecule has 0 unspecified atom stereocenters. The van der Waals surface area contributed by atoms with Crippen LogP contribution in [0, 0.1) is 0 Å². The summed E-state index contributed by atoms with van der Waals surface area (Å²) in [6.45, 7) is 3.92. The van der Waals surface area contributed by atoms with Gasteiger partial charge in [-0.25, -0.2) is 0 Å². The summed E-state index contributed by atoms with van der Waals surface area (Å²) < 4.78 is 11.1. The number of phenols is 2. The lowest BCUT2D eigenvalue weighted by atomic mass is 10.0. The third-order valence-corrected chi connectivity index (χ3v) is 4.20. The van der Waals surface area contributed by atoms with Gasteiger partial charge in [0.15, 0.2) is 0 Å². The maximum atomic E-state index is 13.1. The second-order valence-corrected chi connectivity index (χ2v) is 6.29. The zero-order valence-corrected chi connectivity index (χ0v) is 14.9. The zero-order chi connectivity index (χ0) is 18.8. The first-order valence-corrected chi connectivity index (χ1v) is 8.19. The first-order valence-electron chi connectivity index (χ1n) is 8.19. The quantitative estimate of drug-likeness (QED) is 0.681. The number of rotatable bonds is 4. The summed E-state index contributed by atoms with van der Waals surface area (Å²) in [6, 6.07) is 7.74. The highest BCUT2D eigenvalue weighted by Crippen LogP contribution is 2.35. The molecule has 2 N–H and O–H groups in total. The molecule has 0 atom stereocenters. The van der Waals surface area contributed by atoms with Gasteiger partial charge in [-0.1, -0.05) is 23.8 Å². The highest BCUT2D eigenvalue weighted by molar-refractivity contribution is 5.91. The Balaban J connectivity index is 2.30. The lowest BCUT2D eigenvalue weighted by Gasteiger charge is -2.12. The Labute approximate surface area is 150 Å². The van der Waals surface area contributed by atoms with Gasteiger partial charge in [0.05, 0.1) is 12.7 Å². The van der Waals surface area contributed by atoms with Crippen molar-refractivity contribution in [3.63, 3.8) is 0 Å². The standard InChI is InChI=1S/C21H20O5/c1-12(2)4-9-15-17(23)10-18(25-3)19-20(24)16(11-26-21(15)19)13-5-7-14(22)8-6-13/h4-8,10-11,22-23H,9H2,1-3H3. The van der Waals surface area contributed by atoms with Crippen LogP contribution >= 0.6 is 0 Å². The van der Waals surface area contributed by atoms with Crippen molar-refractivity contribution < 1.29 is 19.4 Å². The van der Waals surface area contributed by atoms with Crippen molar-refractivity contribution >= 4 is 11.0 Å². The Hall–Kier alpha value is -3.21. The lowest BCUT2D eigenvalue weighted by Crippen LogP contribution is -2.08. The number of aromatic hydroxyl groups is 2. The molecule has 0 aliphatic rings. The van der Waals surface area contributed by atoms with Crippen LogP contribution in [0.15, 0.2) is 57.5 Å². The third-order valence-electron chi connectivity index (χ3n) is 4.20. The summed E-state index contributed by atoms with van der Waals surface area (Å²) in [7, 11) is 1.44. The van der Waals surface area contributed by atoms with Gasteiger partial charge in [-0.05, 0) is 38.0 Å². The molecule has 0 fully saturated rings. The number of ether oxygens (including phenoxy) is 1.